The topological polar surface area (TPSA) is 60.0 Å². The molecule has 25 heavy (non-hydrogen) atoms. The fraction of sp³-hybridized carbons (Fsp3) is 0.632. The third kappa shape index (κ3) is 3.75. The van der Waals surface area contributed by atoms with E-state index < -0.39 is 0 Å². The van der Waals surface area contributed by atoms with Crippen molar-refractivity contribution in [2.75, 3.05) is 39.5 Å². The molecule has 2 atom stereocenters. The number of rotatable bonds is 5. The fourth-order valence-corrected chi connectivity index (χ4v) is 4.00. The summed E-state index contributed by atoms with van der Waals surface area (Å²) in [5.74, 6) is 1.74. The van der Waals surface area contributed by atoms with Crippen molar-refractivity contribution in [3.05, 3.63) is 23.8 Å². The molecule has 1 aromatic carbocycles. The van der Waals surface area contributed by atoms with Gasteiger partial charge in [0.2, 0.25) is 5.91 Å². The molecule has 6 nitrogen and oxygen atoms in total. The van der Waals surface area contributed by atoms with Crippen LogP contribution in [-0.2, 0) is 9.53 Å². The third-order valence-corrected chi connectivity index (χ3v) is 5.22. The van der Waals surface area contributed by atoms with Gasteiger partial charge < -0.3 is 19.5 Å². The van der Waals surface area contributed by atoms with Gasteiger partial charge in [-0.15, -0.1) is 0 Å². The van der Waals surface area contributed by atoms with E-state index in [9.17, 15) is 4.79 Å². The SMILES string of the molecule is O=C(CN1CCC[C@@H]1c1cccc2c1OCCO2)NC[C@@H]1CCCO1. The first kappa shape index (κ1) is 16.7. The summed E-state index contributed by atoms with van der Waals surface area (Å²) in [6, 6.07) is 6.27. The molecule has 3 heterocycles. The molecule has 3 aliphatic rings. The van der Waals surface area contributed by atoms with Gasteiger partial charge in [-0.3, -0.25) is 9.69 Å². The van der Waals surface area contributed by atoms with Crippen LogP contribution in [0.25, 0.3) is 0 Å². The van der Waals surface area contributed by atoms with Gasteiger partial charge in [-0.25, -0.2) is 0 Å². The normalized spacial score (nSPS) is 25.9. The fourth-order valence-electron chi connectivity index (χ4n) is 4.00. The molecule has 0 spiro atoms. The second kappa shape index (κ2) is 7.62. The number of amides is 1. The number of para-hydroxylation sites is 1. The van der Waals surface area contributed by atoms with Crippen molar-refractivity contribution >= 4 is 5.91 Å². The first-order valence-electron chi connectivity index (χ1n) is 9.32. The zero-order chi connectivity index (χ0) is 17.1. The summed E-state index contributed by atoms with van der Waals surface area (Å²) in [6.07, 6.45) is 4.45. The number of carbonyl (C=O) groups is 1. The summed E-state index contributed by atoms with van der Waals surface area (Å²) in [5.41, 5.74) is 1.14. The molecule has 136 valence electrons. The molecule has 6 heteroatoms. The number of benzene rings is 1. The molecule has 0 saturated carbocycles. The van der Waals surface area contributed by atoms with Crippen LogP contribution in [0.5, 0.6) is 11.5 Å². The van der Waals surface area contributed by atoms with E-state index in [1.165, 1.54) is 0 Å². The molecule has 1 aromatic rings. The van der Waals surface area contributed by atoms with E-state index in [-0.39, 0.29) is 18.1 Å². The minimum atomic E-state index is 0.0735. The highest BCUT2D eigenvalue weighted by atomic mass is 16.6. The van der Waals surface area contributed by atoms with E-state index in [1.807, 2.05) is 12.1 Å². The van der Waals surface area contributed by atoms with Gasteiger partial charge in [0.15, 0.2) is 11.5 Å². The van der Waals surface area contributed by atoms with Crippen molar-refractivity contribution in [1.29, 1.82) is 0 Å². The predicted molar refractivity (Wildman–Crippen MR) is 93.0 cm³/mol. The quantitative estimate of drug-likeness (QED) is 0.882. The largest absolute Gasteiger partial charge is 0.486 e. The number of ether oxygens (including phenoxy) is 3. The van der Waals surface area contributed by atoms with Crippen LogP contribution in [0.15, 0.2) is 18.2 Å². The summed E-state index contributed by atoms with van der Waals surface area (Å²) in [5, 5.41) is 3.02. The first-order valence-corrected chi connectivity index (χ1v) is 9.32. The highest BCUT2D eigenvalue weighted by Crippen LogP contribution is 2.42. The molecular formula is C19H26N2O4. The van der Waals surface area contributed by atoms with Crippen LogP contribution in [0.4, 0.5) is 0 Å². The lowest BCUT2D eigenvalue weighted by Gasteiger charge is -2.28. The number of likely N-dealkylation sites (tertiary alicyclic amines) is 1. The lowest BCUT2D eigenvalue weighted by atomic mass is 10.0. The van der Waals surface area contributed by atoms with Gasteiger partial charge in [-0.1, -0.05) is 12.1 Å². The lowest BCUT2D eigenvalue weighted by molar-refractivity contribution is -0.123. The number of hydrogen-bond donors (Lipinski definition) is 1. The van der Waals surface area contributed by atoms with Crippen molar-refractivity contribution in [1.82, 2.24) is 10.2 Å². The molecule has 2 fully saturated rings. The maximum absolute atomic E-state index is 12.4. The highest BCUT2D eigenvalue weighted by Gasteiger charge is 2.31. The molecule has 0 aliphatic carbocycles. The summed E-state index contributed by atoms with van der Waals surface area (Å²) >= 11 is 0. The molecule has 1 amide bonds. The maximum Gasteiger partial charge on any atom is 0.234 e. The number of nitrogens with one attached hydrogen (secondary N) is 1. The van der Waals surface area contributed by atoms with Crippen LogP contribution < -0.4 is 14.8 Å². The van der Waals surface area contributed by atoms with E-state index in [4.69, 9.17) is 14.2 Å². The Hall–Kier alpha value is -1.79. The van der Waals surface area contributed by atoms with Crippen molar-refractivity contribution in [2.45, 2.75) is 37.8 Å². The van der Waals surface area contributed by atoms with Gasteiger partial charge in [0.05, 0.1) is 12.6 Å². The molecular weight excluding hydrogens is 320 g/mol. The average Bonchev–Trinajstić information content (AvgIpc) is 3.31. The van der Waals surface area contributed by atoms with Crippen molar-refractivity contribution in [2.24, 2.45) is 0 Å². The number of carbonyl (C=O) groups excluding carboxylic acids is 1. The molecule has 0 radical (unpaired) electrons. The van der Waals surface area contributed by atoms with Crippen LogP contribution >= 0.6 is 0 Å². The Bertz CT molecular complexity index is 615. The minimum Gasteiger partial charge on any atom is -0.486 e. The smallest absolute Gasteiger partial charge is 0.234 e. The summed E-state index contributed by atoms with van der Waals surface area (Å²) in [7, 11) is 0. The van der Waals surface area contributed by atoms with Gasteiger partial charge in [-0.2, -0.15) is 0 Å². The molecule has 4 rings (SSSR count). The highest BCUT2D eigenvalue weighted by molar-refractivity contribution is 5.78. The summed E-state index contributed by atoms with van der Waals surface area (Å²) in [4.78, 5) is 14.6. The summed E-state index contributed by atoms with van der Waals surface area (Å²) < 4.78 is 17.1. The molecule has 1 N–H and O–H groups in total. The van der Waals surface area contributed by atoms with E-state index in [1.54, 1.807) is 0 Å². The molecule has 0 aromatic heterocycles. The zero-order valence-electron chi connectivity index (χ0n) is 14.5. The Balaban J connectivity index is 1.39. The second-order valence-electron chi connectivity index (χ2n) is 6.94. The summed E-state index contributed by atoms with van der Waals surface area (Å²) in [6.45, 7) is 3.96. The van der Waals surface area contributed by atoms with Gasteiger partial charge in [0, 0.05) is 24.8 Å². The van der Waals surface area contributed by atoms with Gasteiger partial charge in [0.25, 0.3) is 0 Å². The Morgan fingerprint density at radius 2 is 2.08 bits per heavy atom. The van der Waals surface area contributed by atoms with Crippen molar-refractivity contribution in [3.63, 3.8) is 0 Å². The molecule has 2 saturated heterocycles. The van der Waals surface area contributed by atoms with Gasteiger partial charge in [-0.05, 0) is 38.3 Å². The number of hydrogen-bond acceptors (Lipinski definition) is 5. The van der Waals surface area contributed by atoms with E-state index >= 15 is 0 Å². The third-order valence-electron chi connectivity index (χ3n) is 5.22. The Morgan fingerprint density at radius 3 is 2.96 bits per heavy atom. The van der Waals surface area contributed by atoms with Crippen LogP contribution in [0.1, 0.15) is 37.3 Å². The van der Waals surface area contributed by atoms with Crippen LogP contribution in [0.2, 0.25) is 0 Å². The Morgan fingerprint density at radius 1 is 1.16 bits per heavy atom. The van der Waals surface area contributed by atoms with Crippen LogP contribution in [-0.4, -0.2) is 56.4 Å². The average molecular weight is 346 g/mol. The lowest BCUT2D eigenvalue weighted by Crippen LogP contribution is -2.40. The number of nitrogens with zero attached hydrogens (tertiary/aromatic N) is 1. The Labute approximate surface area is 148 Å². The van der Waals surface area contributed by atoms with Crippen molar-refractivity contribution in [3.8, 4) is 11.5 Å². The van der Waals surface area contributed by atoms with Crippen LogP contribution in [0.3, 0.4) is 0 Å². The molecule has 0 bridgehead atoms. The zero-order valence-corrected chi connectivity index (χ0v) is 14.5. The van der Waals surface area contributed by atoms with Gasteiger partial charge >= 0.3 is 0 Å². The van der Waals surface area contributed by atoms with E-state index in [0.717, 1.165) is 55.9 Å². The second-order valence-corrected chi connectivity index (χ2v) is 6.94. The molecule has 3 aliphatic heterocycles. The van der Waals surface area contributed by atoms with E-state index in [0.29, 0.717) is 26.3 Å². The Kier molecular flexibility index (Phi) is 5.08. The first-order chi connectivity index (χ1) is 12.3. The standard InChI is InChI=1S/C19H26N2O4/c22-18(20-12-14-4-3-9-23-14)13-21-8-2-6-16(21)15-5-1-7-17-19(15)25-11-10-24-17/h1,5,7,14,16H,2-4,6,8-13H2,(H,20,22)/t14-,16+/m0/s1. The van der Waals surface area contributed by atoms with E-state index in [2.05, 4.69) is 16.3 Å². The predicted octanol–water partition coefficient (Wildman–Crippen LogP) is 1.89. The van der Waals surface area contributed by atoms with Gasteiger partial charge in [0.1, 0.15) is 13.2 Å². The van der Waals surface area contributed by atoms with Crippen molar-refractivity contribution < 1.29 is 19.0 Å². The molecule has 0 unspecified atom stereocenters. The monoisotopic (exact) mass is 346 g/mol. The maximum atomic E-state index is 12.4. The number of fused-ring (bicyclic) bond motifs is 1. The van der Waals surface area contributed by atoms with Crippen LogP contribution in [0, 0.1) is 0 Å². The minimum absolute atomic E-state index is 0.0735.